The van der Waals surface area contributed by atoms with Crippen molar-refractivity contribution < 1.29 is 4.74 Å². The van der Waals surface area contributed by atoms with Crippen LogP contribution in [0.4, 0.5) is 0 Å². The Labute approximate surface area is 279 Å². The highest BCUT2D eigenvalue weighted by molar-refractivity contribution is 8.33. The van der Waals surface area contributed by atoms with E-state index in [0.29, 0.717) is 10.5 Å². The lowest BCUT2D eigenvalue weighted by Crippen LogP contribution is -2.20. The number of aromatic nitrogens is 1. The molecule has 0 aliphatic heterocycles. The van der Waals surface area contributed by atoms with Crippen LogP contribution in [0.5, 0.6) is 0 Å². The largest absolute Gasteiger partial charge is 0.376 e. The Kier molecular flexibility index (Phi) is 9.29. The topological polar surface area (TPSA) is 14.2 Å². The lowest BCUT2D eigenvalue weighted by Gasteiger charge is -2.48. The average molecular weight is 632 g/mol. The maximum Gasteiger partial charge on any atom is 0.0598 e. The fourth-order valence-corrected chi connectivity index (χ4v) is 12.1. The molecule has 46 heavy (non-hydrogen) atoms. The van der Waals surface area contributed by atoms with Crippen molar-refractivity contribution in [2.75, 3.05) is 18.6 Å². The van der Waals surface area contributed by atoms with Gasteiger partial charge in [-0.2, -0.15) is 0 Å². The third-order valence-corrected chi connectivity index (χ3v) is 15.0. The Morgan fingerprint density at radius 1 is 0.761 bits per heavy atom. The first-order valence-corrected chi connectivity index (χ1v) is 19.6. The van der Waals surface area contributed by atoms with Crippen molar-refractivity contribution in [3.05, 3.63) is 119 Å². The van der Waals surface area contributed by atoms with E-state index in [-0.39, 0.29) is 5.60 Å². The number of ether oxygens (including phenoxy) is 1. The summed E-state index contributed by atoms with van der Waals surface area (Å²) in [5.74, 6) is 1.25. The van der Waals surface area contributed by atoms with E-state index in [1.807, 2.05) is 0 Å². The van der Waals surface area contributed by atoms with Crippen LogP contribution < -0.4 is 0 Å². The van der Waals surface area contributed by atoms with Crippen molar-refractivity contribution in [2.24, 2.45) is 7.05 Å². The molecule has 1 heterocycles. The van der Waals surface area contributed by atoms with E-state index in [0.717, 1.165) is 13.0 Å². The Balaban J connectivity index is 1.41. The monoisotopic (exact) mass is 631 g/mol. The molecule has 0 N–H and O–H groups in total. The highest BCUT2D eigenvalue weighted by Crippen LogP contribution is 2.73. The summed E-state index contributed by atoms with van der Waals surface area (Å²) in [6.07, 6.45) is 7.54. The van der Waals surface area contributed by atoms with Gasteiger partial charge in [0.05, 0.1) is 11.3 Å². The minimum Gasteiger partial charge on any atom is -0.376 e. The Hall–Kier alpha value is -3.27. The lowest BCUT2D eigenvalue weighted by molar-refractivity contribution is -0.00470. The summed E-state index contributed by atoms with van der Waals surface area (Å²) in [6.45, 7) is 14.4. The van der Waals surface area contributed by atoms with Gasteiger partial charge in [-0.25, -0.2) is 10.0 Å². The Bertz CT molecular complexity index is 1800. The smallest absolute Gasteiger partial charge is 0.0598 e. The molecular weight excluding hydrogens is 579 g/mol. The summed E-state index contributed by atoms with van der Waals surface area (Å²) in [4.78, 5) is 0. The molecule has 0 amide bonds. The Morgan fingerprint density at radius 2 is 1.35 bits per heavy atom. The zero-order valence-corrected chi connectivity index (χ0v) is 30.1. The number of rotatable bonds is 11. The van der Waals surface area contributed by atoms with Crippen LogP contribution in [0.15, 0.2) is 91.0 Å². The quantitative estimate of drug-likeness (QED) is 0.132. The molecule has 6 rings (SSSR count). The van der Waals surface area contributed by atoms with Gasteiger partial charge < -0.3 is 9.30 Å². The van der Waals surface area contributed by atoms with E-state index in [2.05, 4.69) is 150 Å². The maximum atomic E-state index is 6.04. The van der Waals surface area contributed by atoms with Crippen molar-refractivity contribution in [1.29, 1.82) is 0 Å². The number of unbranched alkanes of at least 4 members (excludes halogenated alkanes) is 3. The van der Waals surface area contributed by atoms with Gasteiger partial charge in [-0.1, -0.05) is 104 Å². The molecule has 5 aromatic rings. The van der Waals surface area contributed by atoms with Crippen molar-refractivity contribution in [2.45, 2.75) is 83.3 Å². The van der Waals surface area contributed by atoms with Gasteiger partial charge in [0.2, 0.25) is 0 Å². The second kappa shape index (κ2) is 13.1. The van der Waals surface area contributed by atoms with E-state index in [4.69, 9.17) is 4.74 Å². The summed E-state index contributed by atoms with van der Waals surface area (Å²) in [5, 5.41) is 2.20. The van der Waals surface area contributed by atoms with Crippen molar-refractivity contribution >= 4 is 20.9 Å². The molecule has 0 fully saturated rings. The first-order valence-electron chi connectivity index (χ1n) is 17.2. The van der Waals surface area contributed by atoms with Gasteiger partial charge in [0.25, 0.3) is 0 Å². The molecule has 1 aliphatic carbocycles. The highest BCUT2D eigenvalue weighted by Gasteiger charge is 2.42. The van der Waals surface area contributed by atoms with Crippen LogP contribution in [-0.2, 0) is 11.8 Å². The first kappa shape index (κ1) is 32.7. The number of aryl methyl sites for hydroxylation is 3. The summed E-state index contributed by atoms with van der Waals surface area (Å²) < 4.78 is 8.47. The van der Waals surface area contributed by atoms with Gasteiger partial charge in [0.15, 0.2) is 0 Å². The van der Waals surface area contributed by atoms with Crippen molar-refractivity contribution in [3.8, 4) is 22.4 Å². The number of nitrogens with zero attached hydrogens (tertiary/aromatic N) is 1. The van der Waals surface area contributed by atoms with Gasteiger partial charge in [-0.3, -0.25) is 0 Å². The molecule has 4 aromatic carbocycles. The molecule has 1 aromatic heterocycles. The molecule has 242 valence electrons. The SMILES string of the molecule is Cc1ccc2c(c1)c(C)c(-c1ccccc1C(C)S(C)(CCCCCCOC(C)(C)C)C1c3ccccc3-c3ccccc31)n2C. The second-order valence-electron chi connectivity index (χ2n) is 14.6. The third-order valence-electron chi connectivity index (χ3n) is 10.4. The average Bonchev–Trinajstić information content (AvgIpc) is 3.50. The van der Waals surface area contributed by atoms with Crippen LogP contribution in [0, 0.1) is 13.8 Å². The maximum absolute atomic E-state index is 6.04. The minimum atomic E-state index is -1.23. The Morgan fingerprint density at radius 3 is 2.00 bits per heavy atom. The van der Waals surface area contributed by atoms with E-state index < -0.39 is 10.0 Å². The van der Waals surface area contributed by atoms with Crippen molar-refractivity contribution in [1.82, 2.24) is 4.57 Å². The molecule has 1 aliphatic rings. The van der Waals surface area contributed by atoms with Gasteiger partial charge in [-0.05, 0) is 105 Å². The summed E-state index contributed by atoms with van der Waals surface area (Å²) in [7, 11) is 1.02. The molecular formula is C43H53NOS. The van der Waals surface area contributed by atoms with Crippen LogP contribution in [0.25, 0.3) is 33.3 Å². The molecule has 0 bridgehead atoms. The van der Waals surface area contributed by atoms with Crippen molar-refractivity contribution in [3.63, 3.8) is 0 Å². The van der Waals surface area contributed by atoms with Crippen LogP contribution in [0.3, 0.4) is 0 Å². The predicted octanol–water partition coefficient (Wildman–Crippen LogP) is 12.1. The fraction of sp³-hybridized carbons (Fsp3) is 0.395. The summed E-state index contributed by atoms with van der Waals surface area (Å²) in [5.41, 5.74) is 14.1. The van der Waals surface area contributed by atoms with Crippen LogP contribution in [0.2, 0.25) is 0 Å². The van der Waals surface area contributed by atoms with Gasteiger partial charge in [0, 0.05) is 40.6 Å². The third kappa shape index (κ3) is 6.09. The van der Waals surface area contributed by atoms with Crippen LogP contribution in [-0.4, -0.2) is 28.8 Å². The molecule has 2 atom stereocenters. The van der Waals surface area contributed by atoms with Gasteiger partial charge >= 0.3 is 0 Å². The predicted molar refractivity (Wildman–Crippen MR) is 203 cm³/mol. The van der Waals surface area contributed by atoms with Crippen LogP contribution in [0.1, 0.15) is 91.7 Å². The molecule has 0 spiro atoms. The second-order valence-corrected chi connectivity index (χ2v) is 18.7. The van der Waals surface area contributed by atoms with Gasteiger partial charge in [-0.15, -0.1) is 0 Å². The minimum absolute atomic E-state index is 0.0593. The molecule has 2 unspecified atom stereocenters. The molecule has 2 nitrogen and oxygen atoms in total. The summed E-state index contributed by atoms with van der Waals surface area (Å²) in [6, 6.07) is 34.7. The van der Waals surface area contributed by atoms with E-state index >= 15 is 0 Å². The number of hydrogen-bond acceptors (Lipinski definition) is 1. The number of hydrogen-bond donors (Lipinski definition) is 0. The zero-order chi connectivity index (χ0) is 32.6. The van der Waals surface area contributed by atoms with Gasteiger partial charge in [0.1, 0.15) is 0 Å². The molecule has 0 saturated carbocycles. The highest BCUT2D eigenvalue weighted by atomic mass is 32.3. The molecule has 0 saturated heterocycles. The van der Waals surface area contributed by atoms with E-state index in [1.54, 1.807) is 0 Å². The van der Waals surface area contributed by atoms with E-state index in [9.17, 15) is 0 Å². The standard InChI is InChI=1S/C43H53NOS/c1-30-25-26-40-39(29-30)31(2)41(44(40)7)36-22-14-11-19-33(36)32(3)46(8,28-18-10-9-17-27-45-43(4,5)6)42-37-23-15-12-20-34(37)35-21-13-16-24-38(35)42/h11-16,19-26,29,32,42H,9-10,17-18,27-28H2,1-8H3. The normalized spacial score (nSPS) is 15.8. The molecule has 0 radical (unpaired) electrons. The zero-order valence-electron chi connectivity index (χ0n) is 29.3. The molecule has 3 heteroatoms. The van der Waals surface area contributed by atoms with Crippen LogP contribution >= 0.6 is 10.0 Å². The lowest BCUT2D eigenvalue weighted by atomic mass is 9.99. The van der Waals surface area contributed by atoms with E-state index in [1.165, 1.54) is 86.1 Å². The number of benzene rings is 4. The number of fused-ring (bicyclic) bond motifs is 4. The fourth-order valence-electron chi connectivity index (χ4n) is 7.92. The summed E-state index contributed by atoms with van der Waals surface area (Å²) >= 11 is 0. The first-order chi connectivity index (χ1) is 22.0.